The third-order valence-electron chi connectivity index (χ3n) is 3.25. The Morgan fingerprint density at radius 1 is 1.25 bits per heavy atom. The maximum absolute atomic E-state index is 12.4. The average molecular weight is 368 g/mol. The van der Waals surface area contributed by atoms with Crippen LogP contribution in [-0.4, -0.2) is 28.5 Å². The lowest BCUT2D eigenvalue weighted by Crippen LogP contribution is -2.31. The molecule has 0 fully saturated rings. The molecule has 0 radical (unpaired) electrons. The van der Waals surface area contributed by atoms with Crippen molar-refractivity contribution in [3.8, 4) is 0 Å². The number of amides is 1. The van der Waals surface area contributed by atoms with Crippen LogP contribution in [0.3, 0.4) is 0 Å². The molecule has 24 heavy (non-hydrogen) atoms. The van der Waals surface area contributed by atoms with Crippen LogP contribution >= 0.6 is 23.2 Å². The Morgan fingerprint density at radius 2 is 1.92 bits per heavy atom. The molecule has 1 unspecified atom stereocenters. The first kappa shape index (κ1) is 18.6. The van der Waals surface area contributed by atoms with Crippen molar-refractivity contribution in [2.24, 2.45) is 0 Å². The van der Waals surface area contributed by atoms with Crippen molar-refractivity contribution in [1.29, 1.82) is 0 Å². The Kier molecular flexibility index (Phi) is 6.54. The maximum Gasteiger partial charge on any atom is 0.252 e. The monoisotopic (exact) mass is 367 g/mol. The van der Waals surface area contributed by atoms with Crippen molar-refractivity contribution in [2.75, 3.05) is 6.54 Å². The predicted molar refractivity (Wildman–Crippen MR) is 94.5 cm³/mol. The lowest BCUT2D eigenvalue weighted by atomic mass is 10.1. The van der Waals surface area contributed by atoms with Crippen LogP contribution in [0.2, 0.25) is 10.0 Å². The number of carbonyl (C=O) groups is 1. The molecule has 1 aromatic heterocycles. The van der Waals surface area contributed by atoms with Gasteiger partial charge in [0.15, 0.2) is 0 Å². The molecule has 1 N–H and O–H groups in total. The summed E-state index contributed by atoms with van der Waals surface area (Å²) >= 11 is 12.0. The van der Waals surface area contributed by atoms with Crippen molar-refractivity contribution >= 4 is 29.1 Å². The molecule has 0 aliphatic heterocycles. The summed E-state index contributed by atoms with van der Waals surface area (Å²) in [5, 5.41) is 3.40. The molecule has 0 saturated carbocycles. The van der Waals surface area contributed by atoms with E-state index in [9.17, 15) is 4.79 Å². The van der Waals surface area contributed by atoms with Gasteiger partial charge in [-0.3, -0.25) is 4.79 Å². The number of aryl methyl sites for hydroxylation is 1. The van der Waals surface area contributed by atoms with Crippen LogP contribution in [-0.2, 0) is 4.74 Å². The number of nitrogens with zero attached hydrogens (tertiary/aromatic N) is 2. The molecule has 0 bridgehead atoms. The molecule has 0 aliphatic rings. The zero-order valence-electron chi connectivity index (χ0n) is 13.7. The number of benzene rings is 1. The van der Waals surface area contributed by atoms with Crippen LogP contribution < -0.4 is 5.32 Å². The normalized spacial score (nSPS) is 12.2. The van der Waals surface area contributed by atoms with E-state index >= 15 is 0 Å². The van der Waals surface area contributed by atoms with E-state index in [1.807, 2.05) is 20.8 Å². The van der Waals surface area contributed by atoms with E-state index in [0.717, 1.165) is 5.56 Å². The smallest absolute Gasteiger partial charge is 0.252 e. The summed E-state index contributed by atoms with van der Waals surface area (Å²) in [5.74, 6) is 0.365. The van der Waals surface area contributed by atoms with Crippen LogP contribution in [0.4, 0.5) is 0 Å². The number of aromatic nitrogens is 2. The van der Waals surface area contributed by atoms with Crippen LogP contribution in [0.15, 0.2) is 30.6 Å². The molecule has 7 heteroatoms. The number of hydrogen-bond donors (Lipinski definition) is 1. The highest BCUT2D eigenvalue weighted by molar-refractivity contribution is 6.43. The second kappa shape index (κ2) is 8.42. The van der Waals surface area contributed by atoms with Gasteiger partial charge in [0, 0.05) is 24.5 Å². The lowest BCUT2D eigenvalue weighted by molar-refractivity contribution is 0.00690. The highest BCUT2D eigenvalue weighted by atomic mass is 35.5. The van der Waals surface area contributed by atoms with Gasteiger partial charge < -0.3 is 10.1 Å². The van der Waals surface area contributed by atoms with E-state index in [-0.39, 0.29) is 29.7 Å². The van der Waals surface area contributed by atoms with Crippen molar-refractivity contribution < 1.29 is 9.53 Å². The zero-order valence-corrected chi connectivity index (χ0v) is 15.2. The van der Waals surface area contributed by atoms with Crippen LogP contribution in [0, 0.1) is 6.92 Å². The first-order chi connectivity index (χ1) is 11.4. The first-order valence-corrected chi connectivity index (χ1v) is 8.30. The lowest BCUT2D eigenvalue weighted by Gasteiger charge is -2.21. The van der Waals surface area contributed by atoms with E-state index in [1.165, 1.54) is 0 Å². The minimum atomic E-state index is -0.354. The Labute approximate surface area is 151 Å². The van der Waals surface area contributed by atoms with Crippen LogP contribution in [0.1, 0.15) is 41.7 Å². The van der Waals surface area contributed by atoms with E-state index in [0.29, 0.717) is 16.4 Å². The van der Waals surface area contributed by atoms with Gasteiger partial charge in [0.05, 0.1) is 21.7 Å². The summed E-state index contributed by atoms with van der Waals surface area (Å²) in [6.45, 7) is 5.94. The fraction of sp³-hybridized carbons (Fsp3) is 0.353. The van der Waals surface area contributed by atoms with Gasteiger partial charge in [-0.25, -0.2) is 9.97 Å². The van der Waals surface area contributed by atoms with Gasteiger partial charge in [0.2, 0.25) is 0 Å². The number of halogens is 2. The Balaban J connectivity index is 2.11. The molecule has 5 nitrogen and oxygen atoms in total. The van der Waals surface area contributed by atoms with Crippen LogP contribution in [0.25, 0.3) is 0 Å². The fourth-order valence-corrected chi connectivity index (χ4v) is 2.49. The van der Waals surface area contributed by atoms with Crippen molar-refractivity contribution in [1.82, 2.24) is 15.3 Å². The highest BCUT2D eigenvalue weighted by Gasteiger charge is 2.18. The summed E-state index contributed by atoms with van der Waals surface area (Å²) < 4.78 is 5.86. The largest absolute Gasteiger partial charge is 0.369 e. The second-order valence-electron chi connectivity index (χ2n) is 5.55. The molecule has 2 rings (SSSR count). The zero-order chi connectivity index (χ0) is 17.7. The van der Waals surface area contributed by atoms with E-state index in [2.05, 4.69) is 15.3 Å². The van der Waals surface area contributed by atoms with Gasteiger partial charge in [-0.1, -0.05) is 29.3 Å². The van der Waals surface area contributed by atoms with E-state index in [1.54, 1.807) is 30.6 Å². The topological polar surface area (TPSA) is 64.1 Å². The van der Waals surface area contributed by atoms with E-state index < -0.39 is 0 Å². The molecule has 1 aromatic carbocycles. The molecular formula is C17H19Cl2N3O2. The Bertz CT molecular complexity index is 705. The number of nitrogens with one attached hydrogen (secondary N) is 1. The molecule has 1 amide bonds. The molecule has 0 aliphatic carbocycles. The molecule has 1 heterocycles. The molecular weight excluding hydrogens is 349 g/mol. The average Bonchev–Trinajstić information content (AvgIpc) is 2.54. The number of ether oxygens (including phenoxy) is 1. The van der Waals surface area contributed by atoms with Gasteiger partial charge in [0.25, 0.3) is 5.91 Å². The van der Waals surface area contributed by atoms with Crippen molar-refractivity contribution in [3.05, 3.63) is 57.6 Å². The van der Waals surface area contributed by atoms with Crippen molar-refractivity contribution in [3.63, 3.8) is 0 Å². The highest BCUT2D eigenvalue weighted by Crippen LogP contribution is 2.25. The summed E-state index contributed by atoms with van der Waals surface area (Å²) in [6.07, 6.45) is 3.04. The Hall–Kier alpha value is -1.69. The first-order valence-electron chi connectivity index (χ1n) is 7.54. The molecule has 1 atom stereocenters. The molecule has 0 spiro atoms. The van der Waals surface area contributed by atoms with Gasteiger partial charge in [-0.15, -0.1) is 0 Å². The SMILES string of the molecule is Cc1ncc(C(CNC(=O)c2cccc(Cl)c2Cl)OC(C)C)cn1. The van der Waals surface area contributed by atoms with Gasteiger partial charge in [0.1, 0.15) is 11.9 Å². The fourth-order valence-electron chi connectivity index (χ4n) is 2.10. The minimum Gasteiger partial charge on any atom is -0.369 e. The molecule has 0 saturated heterocycles. The van der Waals surface area contributed by atoms with Gasteiger partial charge in [-0.2, -0.15) is 0 Å². The second-order valence-corrected chi connectivity index (χ2v) is 6.33. The maximum atomic E-state index is 12.4. The van der Waals surface area contributed by atoms with Gasteiger partial charge in [-0.05, 0) is 32.9 Å². The number of hydrogen-bond acceptors (Lipinski definition) is 4. The van der Waals surface area contributed by atoms with Gasteiger partial charge >= 0.3 is 0 Å². The third-order valence-corrected chi connectivity index (χ3v) is 4.07. The Morgan fingerprint density at radius 3 is 2.54 bits per heavy atom. The quantitative estimate of drug-likeness (QED) is 0.838. The standard InChI is InChI=1S/C17H19Cl2N3O2/c1-10(2)24-15(12-7-20-11(3)21-8-12)9-22-17(23)13-5-4-6-14(18)16(13)19/h4-8,10,15H,9H2,1-3H3,(H,22,23). The van der Waals surface area contributed by atoms with E-state index in [4.69, 9.17) is 27.9 Å². The summed E-state index contributed by atoms with van der Waals surface area (Å²) in [5.41, 5.74) is 1.12. The number of carbonyl (C=O) groups excluding carboxylic acids is 1. The summed E-state index contributed by atoms with van der Waals surface area (Å²) in [4.78, 5) is 20.7. The predicted octanol–water partition coefficient (Wildman–Crippen LogP) is 3.99. The minimum absolute atomic E-state index is 0.0111. The molecule has 2 aromatic rings. The number of rotatable bonds is 6. The molecule has 128 valence electrons. The third kappa shape index (κ3) is 4.90. The summed E-state index contributed by atoms with van der Waals surface area (Å²) in [6, 6.07) is 4.94. The summed E-state index contributed by atoms with van der Waals surface area (Å²) in [7, 11) is 0. The van der Waals surface area contributed by atoms with Crippen molar-refractivity contribution in [2.45, 2.75) is 33.0 Å². The van der Waals surface area contributed by atoms with Crippen LogP contribution in [0.5, 0.6) is 0 Å².